The minimum Gasteiger partial charge on any atom is -0.311 e. The summed E-state index contributed by atoms with van der Waals surface area (Å²) in [5.74, 6) is 3.21. The van der Waals surface area contributed by atoms with Gasteiger partial charge in [0.05, 0.1) is 12.7 Å². The third kappa shape index (κ3) is 3.63. The molecule has 1 aromatic carbocycles. The SMILES string of the molecule is CCc1ccc(Cn2nccc2NC(=O)CC2CC3CCC2C3)cc1. The Labute approximate surface area is 149 Å². The second-order valence-corrected chi connectivity index (χ2v) is 7.73. The quantitative estimate of drug-likeness (QED) is 0.856. The van der Waals surface area contributed by atoms with Gasteiger partial charge in [-0.15, -0.1) is 0 Å². The number of aryl methyl sites for hydroxylation is 1. The van der Waals surface area contributed by atoms with Crippen LogP contribution in [0.1, 0.15) is 50.2 Å². The Balaban J connectivity index is 1.36. The molecule has 2 aromatic rings. The molecule has 2 aliphatic carbocycles. The highest BCUT2D eigenvalue weighted by Crippen LogP contribution is 2.49. The maximum Gasteiger partial charge on any atom is 0.225 e. The van der Waals surface area contributed by atoms with E-state index in [1.807, 2.05) is 10.7 Å². The first kappa shape index (κ1) is 16.4. The molecule has 2 fully saturated rings. The van der Waals surface area contributed by atoms with E-state index in [0.717, 1.165) is 24.1 Å². The summed E-state index contributed by atoms with van der Waals surface area (Å²) in [4.78, 5) is 12.5. The maximum absolute atomic E-state index is 12.5. The highest BCUT2D eigenvalue weighted by Gasteiger charge is 2.40. The molecule has 1 N–H and O–H groups in total. The molecule has 1 heterocycles. The smallest absolute Gasteiger partial charge is 0.225 e. The van der Waals surface area contributed by atoms with Crippen LogP contribution in [0.4, 0.5) is 5.82 Å². The zero-order valence-electron chi connectivity index (χ0n) is 14.9. The third-order valence-electron chi connectivity index (χ3n) is 6.08. The number of carbonyl (C=O) groups is 1. The van der Waals surface area contributed by atoms with Crippen LogP contribution in [0.3, 0.4) is 0 Å². The zero-order valence-corrected chi connectivity index (χ0v) is 14.9. The summed E-state index contributed by atoms with van der Waals surface area (Å²) < 4.78 is 1.87. The van der Waals surface area contributed by atoms with Crippen LogP contribution in [0.5, 0.6) is 0 Å². The minimum atomic E-state index is 0.139. The lowest BCUT2D eigenvalue weighted by Gasteiger charge is -2.21. The highest BCUT2D eigenvalue weighted by atomic mass is 16.1. The van der Waals surface area contributed by atoms with Gasteiger partial charge in [-0.2, -0.15) is 5.10 Å². The molecule has 2 aliphatic rings. The van der Waals surface area contributed by atoms with Crippen molar-refractivity contribution in [2.24, 2.45) is 17.8 Å². The van der Waals surface area contributed by atoms with E-state index in [2.05, 4.69) is 41.6 Å². The molecule has 1 aromatic heterocycles. The maximum atomic E-state index is 12.5. The van der Waals surface area contributed by atoms with Crippen LogP contribution in [0, 0.1) is 17.8 Å². The number of nitrogens with one attached hydrogen (secondary N) is 1. The monoisotopic (exact) mass is 337 g/mol. The first-order valence-corrected chi connectivity index (χ1v) is 9.60. The Bertz CT molecular complexity index is 734. The second kappa shape index (κ2) is 7.03. The number of aromatic nitrogens is 2. The average molecular weight is 337 g/mol. The van der Waals surface area contributed by atoms with Crippen molar-refractivity contribution >= 4 is 11.7 Å². The van der Waals surface area contributed by atoms with E-state index in [4.69, 9.17) is 0 Å². The lowest BCUT2D eigenvalue weighted by molar-refractivity contribution is -0.117. The minimum absolute atomic E-state index is 0.139. The summed E-state index contributed by atoms with van der Waals surface area (Å²) in [6.07, 6.45) is 8.78. The molecule has 0 saturated heterocycles. The largest absolute Gasteiger partial charge is 0.311 e. The zero-order chi connectivity index (χ0) is 17.2. The summed E-state index contributed by atoms with van der Waals surface area (Å²) >= 11 is 0. The van der Waals surface area contributed by atoms with Crippen LogP contribution in [0.2, 0.25) is 0 Å². The van der Waals surface area contributed by atoms with Crippen LogP contribution >= 0.6 is 0 Å². The molecule has 132 valence electrons. The number of fused-ring (bicyclic) bond motifs is 2. The Morgan fingerprint density at radius 3 is 2.64 bits per heavy atom. The van der Waals surface area contributed by atoms with Gasteiger partial charge in [0, 0.05) is 12.5 Å². The van der Waals surface area contributed by atoms with Crippen molar-refractivity contribution < 1.29 is 4.79 Å². The van der Waals surface area contributed by atoms with Gasteiger partial charge in [0.25, 0.3) is 0 Å². The number of rotatable bonds is 6. The van der Waals surface area contributed by atoms with Crippen molar-refractivity contribution in [3.8, 4) is 0 Å². The van der Waals surface area contributed by atoms with Crippen molar-refractivity contribution in [3.05, 3.63) is 47.7 Å². The van der Waals surface area contributed by atoms with Crippen LogP contribution in [0.25, 0.3) is 0 Å². The first-order chi connectivity index (χ1) is 12.2. The highest BCUT2D eigenvalue weighted by molar-refractivity contribution is 5.90. The predicted octanol–water partition coefficient (Wildman–Crippen LogP) is 4.26. The van der Waals surface area contributed by atoms with E-state index < -0.39 is 0 Å². The Morgan fingerprint density at radius 1 is 1.16 bits per heavy atom. The van der Waals surface area contributed by atoms with E-state index in [1.165, 1.54) is 36.8 Å². The van der Waals surface area contributed by atoms with E-state index in [1.54, 1.807) is 6.20 Å². The van der Waals surface area contributed by atoms with Crippen LogP contribution < -0.4 is 5.32 Å². The molecule has 4 nitrogen and oxygen atoms in total. The fraction of sp³-hybridized carbons (Fsp3) is 0.524. The Hall–Kier alpha value is -2.10. The molecule has 4 rings (SSSR count). The van der Waals surface area contributed by atoms with Crippen molar-refractivity contribution in [2.75, 3.05) is 5.32 Å². The van der Waals surface area contributed by atoms with E-state index in [0.29, 0.717) is 18.9 Å². The van der Waals surface area contributed by atoms with Gasteiger partial charge in [0.1, 0.15) is 5.82 Å². The number of hydrogen-bond acceptors (Lipinski definition) is 2. The van der Waals surface area contributed by atoms with Gasteiger partial charge < -0.3 is 5.32 Å². The fourth-order valence-electron chi connectivity index (χ4n) is 4.68. The lowest BCUT2D eigenvalue weighted by Crippen LogP contribution is -2.22. The molecule has 0 spiro atoms. The molecule has 0 radical (unpaired) electrons. The number of hydrogen-bond donors (Lipinski definition) is 1. The van der Waals surface area contributed by atoms with Crippen LogP contribution in [-0.4, -0.2) is 15.7 Å². The molecule has 1 amide bonds. The van der Waals surface area contributed by atoms with Gasteiger partial charge >= 0.3 is 0 Å². The average Bonchev–Trinajstić information content (AvgIpc) is 3.33. The predicted molar refractivity (Wildman–Crippen MR) is 99.3 cm³/mol. The molecule has 2 bridgehead atoms. The first-order valence-electron chi connectivity index (χ1n) is 9.60. The second-order valence-electron chi connectivity index (χ2n) is 7.73. The van der Waals surface area contributed by atoms with E-state index in [-0.39, 0.29) is 5.91 Å². The van der Waals surface area contributed by atoms with Crippen molar-refractivity contribution in [2.45, 2.75) is 52.0 Å². The van der Waals surface area contributed by atoms with Gasteiger partial charge in [-0.1, -0.05) is 37.6 Å². The number of nitrogens with zero attached hydrogens (tertiary/aromatic N) is 2. The summed E-state index contributed by atoms with van der Waals surface area (Å²) in [6, 6.07) is 10.5. The van der Waals surface area contributed by atoms with Crippen molar-refractivity contribution in [1.29, 1.82) is 0 Å². The van der Waals surface area contributed by atoms with Gasteiger partial charge in [-0.05, 0) is 54.6 Å². The van der Waals surface area contributed by atoms with Crippen LogP contribution in [-0.2, 0) is 17.8 Å². The van der Waals surface area contributed by atoms with Gasteiger partial charge in [-0.3, -0.25) is 4.79 Å². The van der Waals surface area contributed by atoms with E-state index in [9.17, 15) is 4.79 Å². The topological polar surface area (TPSA) is 46.9 Å². The van der Waals surface area contributed by atoms with Gasteiger partial charge in [0.2, 0.25) is 5.91 Å². The van der Waals surface area contributed by atoms with Gasteiger partial charge in [0.15, 0.2) is 0 Å². The summed E-state index contributed by atoms with van der Waals surface area (Å²) in [5, 5.41) is 7.46. The standard InChI is InChI=1S/C21H27N3O/c1-2-15-3-5-16(6-4-15)14-24-20(9-10-22-24)23-21(25)13-19-12-17-7-8-18(19)11-17/h3-6,9-10,17-19H,2,7-8,11-14H2,1H3,(H,23,25). The third-order valence-corrected chi connectivity index (χ3v) is 6.08. The molecule has 3 unspecified atom stereocenters. The Morgan fingerprint density at radius 2 is 1.96 bits per heavy atom. The number of amides is 1. The normalized spacial score (nSPS) is 24.6. The van der Waals surface area contributed by atoms with Crippen LogP contribution in [0.15, 0.2) is 36.5 Å². The number of carbonyl (C=O) groups excluding carboxylic acids is 1. The van der Waals surface area contributed by atoms with E-state index >= 15 is 0 Å². The number of benzene rings is 1. The van der Waals surface area contributed by atoms with Crippen molar-refractivity contribution in [3.63, 3.8) is 0 Å². The summed E-state index contributed by atoms with van der Waals surface area (Å²) in [6.45, 7) is 2.84. The molecule has 25 heavy (non-hydrogen) atoms. The number of anilines is 1. The van der Waals surface area contributed by atoms with Crippen molar-refractivity contribution in [1.82, 2.24) is 9.78 Å². The lowest BCUT2D eigenvalue weighted by atomic mass is 9.86. The van der Waals surface area contributed by atoms with Gasteiger partial charge in [-0.25, -0.2) is 4.68 Å². The summed E-state index contributed by atoms with van der Waals surface area (Å²) in [7, 11) is 0. The molecule has 2 saturated carbocycles. The summed E-state index contributed by atoms with van der Waals surface area (Å²) in [5.41, 5.74) is 2.54. The fourth-order valence-corrected chi connectivity index (χ4v) is 4.68. The molecular weight excluding hydrogens is 310 g/mol. The molecule has 3 atom stereocenters. The molecular formula is C21H27N3O. The molecule has 0 aliphatic heterocycles. The molecule has 4 heteroatoms. The Kier molecular flexibility index (Phi) is 4.60.